The average molecular weight is 681 g/mol. The van der Waals surface area contributed by atoms with Gasteiger partial charge in [0, 0.05) is 16.3 Å². The molecular weight excluding hydrogens is 658 g/mol. The maximum Gasteiger partial charge on any atom is 0.293 e. The lowest BCUT2D eigenvalue weighted by Crippen LogP contribution is -2.28. The van der Waals surface area contributed by atoms with Crippen molar-refractivity contribution in [1.82, 2.24) is 4.90 Å². The summed E-state index contributed by atoms with van der Waals surface area (Å²) in [5, 5.41) is 2.41. The number of nitrogens with zero attached hydrogens (tertiary/aromatic N) is 1. The Morgan fingerprint density at radius 2 is 1.92 bits per heavy atom. The van der Waals surface area contributed by atoms with E-state index in [0.717, 1.165) is 22.2 Å². The minimum Gasteiger partial charge on any atom is -0.490 e. The standard InChI is InChI=1S/C28H23ClFIN2O5S/c1-3-37-23-12-17(11-22(31)26(23)38-15-25(34)32-18-7-4-6-16(2)10-18)13-24-27(35)33(28(36)39-24)14-19-20(29)8-5-9-21(19)30/h4-13H,3,14-15H2,1-2H3,(H,32,34)/b24-13-. The largest absolute Gasteiger partial charge is 0.490 e. The summed E-state index contributed by atoms with van der Waals surface area (Å²) in [6.07, 6.45) is 1.56. The molecule has 0 aliphatic carbocycles. The number of nitrogens with one attached hydrogen (secondary N) is 1. The summed E-state index contributed by atoms with van der Waals surface area (Å²) in [7, 11) is 0. The number of halogens is 3. The molecule has 0 saturated carbocycles. The third-order valence-electron chi connectivity index (χ3n) is 5.53. The lowest BCUT2D eigenvalue weighted by Gasteiger charge is -2.15. The van der Waals surface area contributed by atoms with Crippen LogP contribution in [0.1, 0.15) is 23.6 Å². The van der Waals surface area contributed by atoms with Gasteiger partial charge in [0.15, 0.2) is 18.1 Å². The first-order valence-electron chi connectivity index (χ1n) is 11.8. The zero-order valence-corrected chi connectivity index (χ0v) is 24.7. The first-order chi connectivity index (χ1) is 18.7. The normalized spacial score (nSPS) is 14.2. The highest BCUT2D eigenvalue weighted by atomic mass is 127. The fraction of sp³-hybridized carbons (Fsp3) is 0.179. The average Bonchev–Trinajstić information content (AvgIpc) is 3.13. The van der Waals surface area contributed by atoms with E-state index in [0.29, 0.717) is 32.9 Å². The summed E-state index contributed by atoms with van der Waals surface area (Å²) < 4.78 is 26.4. The van der Waals surface area contributed by atoms with Gasteiger partial charge < -0.3 is 14.8 Å². The lowest BCUT2D eigenvalue weighted by molar-refractivity contribution is -0.123. The van der Waals surface area contributed by atoms with Crippen LogP contribution in [0.25, 0.3) is 6.08 Å². The summed E-state index contributed by atoms with van der Waals surface area (Å²) in [4.78, 5) is 39.2. The maximum absolute atomic E-state index is 14.2. The molecule has 11 heteroatoms. The number of benzene rings is 3. The van der Waals surface area contributed by atoms with E-state index in [9.17, 15) is 18.8 Å². The number of hydrogen-bond donors (Lipinski definition) is 1. The molecule has 1 aliphatic rings. The van der Waals surface area contributed by atoms with Crippen molar-refractivity contribution in [1.29, 1.82) is 0 Å². The maximum atomic E-state index is 14.2. The van der Waals surface area contributed by atoms with E-state index >= 15 is 0 Å². The van der Waals surface area contributed by atoms with Crippen molar-refractivity contribution in [2.24, 2.45) is 0 Å². The summed E-state index contributed by atoms with van der Waals surface area (Å²) in [6, 6.07) is 15.0. The van der Waals surface area contributed by atoms with Gasteiger partial charge in [0.25, 0.3) is 17.1 Å². The zero-order chi connectivity index (χ0) is 28.1. The Morgan fingerprint density at radius 1 is 1.15 bits per heavy atom. The molecule has 7 nitrogen and oxygen atoms in total. The predicted molar refractivity (Wildman–Crippen MR) is 159 cm³/mol. The van der Waals surface area contributed by atoms with Gasteiger partial charge >= 0.3 is 0 Å². The van der Waals surface area contributed by atoms with Crippen LogP contribution in [0.4, 0.5) is 14.9 Å². The van der Waals surface area contributed by atoms with Crippen molar-refractivity contribution in [3.05, 3.63) is 90.6 Å². The third-order valence-corrected chi connectivity index (χ3v) is 7.59. The molecule has 0 unspecified atom stereocenters. The van der Waals surface area contributed by atoms with Crippen LogP contribution >= 0.6 is 46.0 Å². The molecule has 39 heavy (non-hydrogen) atoms. The summed E-state index contributed by atoms with van der Waals surface area (Å²) in [5.74, 6) is -0.700. The van der Waals surface area contributed by atoms with E-state index in [4.69, 9.17) is 21.1 Å². The minimum atomic E-state index is -0.593. The Bertz CT molecular complexity index is 1460. The monoisotopic (exact) mass is 680 g/mol. The van der Waals surface area contributed by atoms with E-state index in [2.05, 4.69) is 27.9 Å². The fourth-order valence-electron chi connectivity index (χ4n) is 3.76. The Morgan fingerprint density at radius 3 is 2.64 bits per heavy atom. The predicted octanol–water partition coefficient (Wildman–Crippen LogP) is 7.04. The van der Waals surface area contributed by atoms with Crippen molar-refractivity contribution < 1.29 is 28.2 Å². The Labute approximate surface area is 247 Å². The van der Waals surface area contributed by atoms with Crippen LogP contribution in [0.2, 0.25) is 5.02 Å². The highest BCUT2D eigenvalue weighted by Gasteiger charge is 2.36. The van der Waals surface area contributed by atoms with Crippen LogP contribution in [0.5, 0.6) is 11.5 Å². The van der Waals surface area contributed by atoms with E-state index < -0.39 is 17.0 Å². The molecule has 202 valence electrons. The second kappa shape index (κ2) is 12.8. The molecule has 1 N–H and O–H groups in total. The molecule has 0 aromatic heterocycles. The second-order valence-electron chi connectivity index (χ2n) is 8.44. The minimum absolute atomic E-state index is 0.0730. The SMILES string of the molecule is CCOc1cc(/C=C2\SC(=O)N(Cc3c(F)cccc3Cl)C2=O)cc(I)c1OCC(=O)Nc1cccc(C)c1. The molecule has 4 rings (SSSR count). The van der Waals surface area contributed by atoms with Crippen LogP contribution in [0, 0.1) is 16.3 Å². The Balaban J connectivity index is 1.51. The summed E-state index contributed by atoms with van der Waals surface area (Å²) >= 11 is 8.89. The van der Waals surface area contributed by atoms with Crippen LogP contribution in [-0.4, -0.2) is 35.2 Å². The first-order valence-corrected chi connectivity index (χ1v) is 14.1. The number of ether oxygens (including phenoxy) is 2. The Hall–Kier alpha value is -3.09. The van der Waals surface area contributed by atoms with Gasteiger partial charge in [0.1, 0.15) is 5.82 Å². The first kappa shape index (κ1) is 28.9. The van der Waals surface area contributed by atoms with Crippen molar-refractivity contribution in [3.8, 4) is 11.5 Å². The van der Waals surface area contributed by atoms with Gasteiger partial charge in [-0.25, -0.2) is 4.39 Å². The molecule has 3 aromatic carbocycles. The smallest absolute Gasteiger partial charge is 0.293 e. The van der Waals surface area contributed by atoms with E-state index in [-0.39, 0.29) is 34.6 Å². The Kier molecular flexibility index (Phi) is 9.52. The molecule has 1 aliphatic heterocycles. The van der Waals surface area contributed by atoms with Gasteiger partial charge in [0.05, 0.1) is 21.6 Å². The van der Waals surface area contributed by atoms with E-state index in [1.807, 2.05) is 32.0 Å². The number of thioether (sulfide) groups is 1. The quantitative estimate of drug-likeness (QED) is 0.193. The van der Waals surface area contributed by atoms with Crippen LogP contribution in [0.3, 0.4) is 0 Å². The van der Waals surface area contributed by atoms with Crippen LogP contribution in [-0.2, 0) is 16.1 Å². The number of amides is 3. The van der Waals surface area contributed by atoms with Crippen molar-refractivity contribution in [3.63, 3.8) is 0 Å². The highest BCUT2D eigenvalue weighted by molar-refractivity contribution is 14.1. The zero-order valence-electron chi connectivity index (χ0n) is 20.9. The van der Waals surface area contributed by atoms with Gasteiger partial charge in [-0.1, -0.05) is 29.8 Å². The van der Waals surface area contributed by atoms with Crippen molar-refractivity contribution in [2.75, 3.05) is 18.5 Å². The van der Waals surface area contributed by atoms with Crippen molar-refractivity contribution >= 4 is 74.8 Å². The summed E-state index contributed by atoms with van der Waals surface area (Å²) in [5.41, 5.74) is 2.36. The lowest BCUT2D eigenvalue weighted by atomic mass is 10.1. The molecule has 3 amide bonds. The summed E-state index contributed by atoms with van der Waals surface area (Å²) in [6.45, 7) is 3.58. The molecule has 1 heterocycles. The fourth-order valence-corrected chi connectivity index (χ4v) is 5.60. The van der Waals surface area contributed by atoms with Gasteiger partial charge in [-0.15, -0.1) is 0 Å². The van der Waals surface area contributed by atoms with Gasteiger partial charge in [-0.2, -0.15) is 0 Å². The van der Waals surface area contributed by atoms with Gasteiger partial charge in [0.2, 0.25) is 0 Å². The second-order valence-corrected chi connectivity index (χ2v) is 11.0. The topological polar surface area (TPSA) is 84.9 Å². The number of carbonyl (C=O) groups is 3. The number of anilines is 1. The highest BCUT2D eigenvalue weighted by Crippen LogP contribution is 2.38. The van der Waals surface area contributed by atoms with Crippen LogP contribution < -0.4 is 14.8 Å². The van der Waals surface area contributed by atoms with E-state index in [1.165, 1.54) is 18.2 Å². The van der Waals surface area contributed by atoms with Crippen LogP contribution in [0.15, 0.2) is 59.5 Å². The van der Waals surface area contributed by atoms with Gasteiger partial charge in [-0.3, -0.25) is 19.3 Å². The molecule has 3 aromatic rings. The number of rotatable bonds is 9. The number of carbonyl (C=O) groups excluding carboxylic acids is 3. The molecule has 0 radical (unpaired) electrons. The number of hydrogen-bond acceptors (Lipinski definition) is 6. The van der Waals surface area contributed by atoms with Gasteiger partial charge in [-0.05, 0) is 102 Å². The van der Waals surface area contributed by atoms with E-state index in [1.54, 1.807) is 24.3 Å². The molecule has 1 saturated heterocycles. The third kappa shape index (κ3) is 7.11. The number of aryl methyl sites for hydroxylation is 1. The molecule has 0 bridgehead atoms. The van der Waals surface area contributed by atoms with Crippen molar-refractivity contribution in [2.45, 2.75) is 20.4 Å². The molecular formula is C28H23ClFIN2O5S. The molecule has 0 atom stereocenters. The molecule has 1 fully saturated rings. The molecule has 0 spiro atoms. The number of imide groups is 1.